The van der Waals surface area contributed by atoms with Crippen molar-refractivity contribution in [1.82, 2.24) is 10.2 Å². The van der Waals surface area contributed by atoms with Crippen LogP contribution in [0.15, 0.2) is 65.6 Å². The molecule has 196 valence electrons. The highest BCUT2D eigenvalue weighted by molar-refractivity contribution is 8.00. The van der Waals surface area contributed by atoms with Crippen LogP contribution in [-0.4, -0.2) is 68.8 Å². The second-order valence-corrected chi connectivity index (χ2v) is 13.3. The maximum atomic E-state index is 13.5. The number of likely N-dealkylation sites (tertiary alicyclic amines) is 1. The maximum Gasteiger partial charge on any atom is 0.237 e. The number of hydrogen-bond donors (Lipinski definition) is 1. The Morgan fingerprint density at radius 3 is 2.46 bits per heavy atom. The van der Waals surface area contributed by atoms with Crippen molar-refractivity contribution < 1.29 is 22.7 Å². The predicted molar refractivity (Wildman–Crippen MR) is 147 cm³/mol. The molecule has 1 unspecified atom stereocenters. The molecule has 1 amide bonds. The van der Waals surface area contributed by atoms with Gasteiger partial charge in [0.1, 0.15) is 11.5 Å². The van der Waals surface area contributed by atoms with Gasteiger partial charge < -0.3 is 14.8 Å². The van der Waals surface area contributed by atoms with Crippen LogP contribution in [0.1, 0.15) is 18.4 Å². The van der Waals surface area contributed by atoms with Gasteiger partial charge in [0, 0.05) is 34.7 Å². The number of nitrogens with zero attached hydrogens (tertiary/aromatic N) is 1. The third kappa shape index (κ3) is 5.89. The molecule has 7 nitrogen and oxygen atoms in total. The number of fused-ring (bicyclic) bond motifs is 1. The lowest BCUT2D eigenvalue weighted by atomic mass is 10.0. The van der Waals surface area contributed by atoms with Crippen LogP contribution in [0.5, 0.6) is 11.5 Å². The molecule has 0 aliphatic carbocycles. The number of thioether (sulfide) groups is 1. The van der Waals surface area contributed by atoms with Crippen LogP contribution in [0.4, 0.5) is 0 Å². The summed E-state index contributed by atoms with van der Waals surface area (Å²) in [6.45, 7) is 1.36. The molecule has 2 fully saturated rings. The van der Waals surface area contributed by atoms with Gasteiger partial charge in [0.25, 0.3) is 0 Å². The lowest BCUT2D eigenvalue weighted by Gasteiger charge is -2.25. The smallest absolute Gasteiger partial charge is 0.237 e. The Kier molecular flexibility index (Phi) is 7.65. The zero-order chi connectivity index (χ0) is 26.0. The topological polar surface area (TPSA) is 84.9 Å². The molecule has 2 aliphatic rings. The molecule has 0 aromatic heterocycles. The van der Waals surface area contributed by atoms with Crippen LogP contribution in [0.25, 0.3) is 10.8 Å². The van der Waals surface area contributed by atoms with Crippen LogP contribution >= 0.6 is 11.8 Å². The normalized spacial score (nSPS) is 23.2. The number of carbonyl (C=O) groups is 1. The Hall–Kier alpha value is -2.75. The first kappa shape index (κ1) is 25.9. The van der Waals surface area contributed by atoms with Gasteiger partial charge in [-0.3, -0.25) is 9.69 Å². The van der Waals surface area contributed by atoms with Gasteiger partial charge in [-0.1, -0.05) is 30.3 Å². The molecule has 3 aromatic rings. The number of hydrogen-bond acceptors (Lipinski definition) is 7. The van der Waals surface area contributed by atoms with E-state index in [1.165, 1.54) is 0 Å². The molecule has 1 N–H and O–H groups in total. The quantitative estimate of drug-likeness (QED) is 0.464. The number of carbonyl (C=O) groups excluding carboxylic acids is 1. The molecule has 37 heavy (non-hydrogen) atoms. The first-order chi connectivity index (χ1) is 17.8. The molecule has 3 atom stereocenters. The Morgan fingerprint density at radius 2 is 1.78 bits per heavy atom. The summed E-state index contributed by atoms with van der Waals surface area (Å²) in [6.07, 6.45) is 1.17. The summed E-state index contributed by atoms with van der Waals surface area (Å²) < 4.78 is 34.7. The molecule has 0 spiro atoms. The van der Waals surface area contributed by atoms with E-state index in [1.54, 1.807) is 26.0 Å². The van der Waals surface area contributed by atoms with E-state index in [1.807, 2.05) is 42.5 Å². The van der Waals surface area contributed by atoms with Gasteiger partial charge >= 0.3 is 0 Å². The molecule has 2 saturated heterocycles. The van der Waals surface area contributed by atoms with Crippen molar-refractivity contribution in [2.75, 3.05) is 32.3 Å². The van der Waals surface area contributed by atoms with Gasteiger partial charge in [0.15, 0.2) is 9.84 Å². The monoisotopic (exact) mass is 540 g/mol. The highest BCUT2D eigenvalue weighted by Gasteiger charge is 2.39. The summed E-state index contributed by atoms with van der Waals surface area (Å²) >= 11 is 1.76. The largest absolute Gasteiger partial charge is 0.497 e. The summed E-state index contributed by atoms with van der Waals surface area (Å²) in [6, 6.07) is 19.5. The fourth-order valence-corrected chi connectivity index (χ4v) is 8.21. The Morgan fingerprint density at radius 1 is 1.03 bits per heavy atom. The van der Waals surface area contributed by atoms with Crippen molar-refractivity contribution in [2.24, 2.45) is 0 Å². The van der Waals surface area contributed by atoms with Gasteiger partial charge in [-0.25, -0.2) is 8.42 Å². The lowest BCUT2D eigenvalue weighted by molar-refractivity contribution is -0.126. The number of sulfone groups is 1. The Balaban J connectivity index is 1.38. The standard InChI is InChI=1S/C28H32N2O5S2/c1-34-21-8-10-22(11-9-21)36-23-15-26(28(31)29-20-13-14-37(32,33)18-20)30(17-23)16-19-7-12-27(35-2)25-6-4-3-5-24(19)25/h3-12,20,23,26H,13-18H2,1-2H3,(H,29,31)/t20?,23-,26+/m1/s1. The summed E-state index contributed by atoms with van der Waals surface area (Å²) in [7, 11) is 0.255. The van der Waals surface area contributed by atoms with Gasteiger partial charge in [-0.05, 0) is 54.1 Å². The molecule has 2 aliphatic heterocycles. The fraction of sp³-hybridized carbons (Fsp3) is 0.393. The van der Waals surface area contributed by atoms with Gasteiger partial charge in [0.2, 0.25) is 5.91 Å². The van der Waals surface area contributed by atoms with Crippen LogP contribution in [0.3, 0.4) is 0 Å². The number of ether oxygens (including phenoxy) is 2. The second kappa shape index (κ2) is 10.9. The minimum Gasteiger partial charge on any atom is -0.497 e. The highest BCUT2D eigenvalue weighted by atomic mass is 32.2. The summed E-state index contributed by atoms with van der Waals surface area (Å²) in [5, 5.41) is 5.41. The van der Waals surface area contributed by atoms with Crippen molar-refractivity contribution in [3.05, 3.63) is 66.2 Å². The molecule has 0 saturated carbocycles. The van der Waals surface area contributed by atoms with Crippen LogP contribution in [0, 0.1) is 0 Å². The van der Waals surface area contributed by atoms with Crippen LogP contribution < -0.4 is 14.8 Å². The second-order valence-electron chi connectivity index (χ2n) is 9.68. The molecular formula is C28H32N2O5S2. The predicted octanol–water partition coefficient (Wildman–Crippen LogP) is 3.90. The maximum absolute atomic E-state index is 13.5. The average molecular weight is 541 g/mol. The Bertz CT molecular complexity index is 1380. The van der Waals surface area contributed by atoms with E-state index in [-0.39, 0.29) is 34.7 Å². The minimum atomic E-state index is -3.07. The molecular weight excluding hydrogens is 508 g/mol. The third-order valence-electron chi connectivity index (χ3n) is 7.18. The van der Waals surface area contributed by atoms with Crippen molar-refractivity contribution in [3.63, 3.8) is 0 Å². The van der Waals surface area contributed by atoms with Crippen molar-refractivity contribution in [2.45, 2.75) is 41.6 Å². The number of rotatable bonds is 8. The zero-order valence-electron chi connectivity index (χ0n) is 21.1. The van der Waals surface area contributed by atoms with Gasteiger partial charge in [-0.15, -0.1) is 11.8 Å². The molecule has 3 aromatic carbocycles. The average Bonchev–Trinajstić information content (AvgIpc) is 3.46. The SMILES string of the molecule is COc1ccc(S[C@@H]2C[C@@H](C(=O)NC3CCS(=O)(=O)C3)N(Cc3ccc(OC)c4ccccc34)C2)cc1. The third-order valence-corrected chi connectivity index (χ3v) is 10.2. The van der Waals surface area contributed by atoms with Crippen molar-refractivity contribution >= 4 is 38.3 Å². The number of amides is 1. The van der Waals surface area contributed by atoms with Gasteiger partial charge in [0.05, 0.1) is 31.8 Å². The fourth-order valence-electron chi connectivity index (χ4n) is 5.32. The van der Waals surface area contributed by atoms with E-state index in [2.05, 4.69) is 28.4 Å². The van der Waals surface area contributed by atoms with E-state index in [9.17, 15) is 13.2 Å². The molecule has 9 heteroatoms. The Labute approximate surface area is 222 Å². The lowest BCUT2D eigenvalue weighted by Crippen LogP contribution is -2.47. The molecule has 0 bridgehead atoms. The zero-order valence-corrected chi connectivity index (χ0v) is 22.7. The number of methoxy groups -OCH3 is 2. The first-order valence-corrected chi connectivity index (χ1v) is 15.2. The molecule has 2 heterocycles. The minimum absolute atomic E-state index is 0.0264. The number of benzene rings is 3. The van der Waals surface area contributed by atoms with E-state index in [4.69, 9.17) is 9.47 Å². The summed E-state index contributed by atoms with van der Waals surface area (Å²) in [4.78, 5) is 16.8. The van der Waals surface area contributed by atoms with Crippen molar-refractivity contribution in [3.8, 4) is 11.5 Å². The summed E-state index contributed by atoms with van der Waals surface area (Å²) in [5.41, 5.74) is 1.13. The first-order valence-electron chi connectivity index (χ1n) is 12.5. The van der Waals surface area contributed by atoms with Crippen LogP contribution in [0.2, 0.25) is 0 Å². The van der Waals surface area contributed by atoms with E-state index < -0.39 is 9.84 Å². The van der Waals surface area contributed by atoms with Crippen LogP contribution in [-0.2, 0) is 21.2 Å². The molecule has 0 radical (unpaired) electrons. The summed E-state index contributed by atoms with van der Waals surface area (Å²) in [5.74, 6) is 1.72. The van der Waals surface area contributed by atoms with E-state index >= 15 is 0 Å². The van der Waals surface area contributed by atoms with E-state index in [0.717, 1.165) is 39.3 Å². The highest BCUT2D eigenvalue weighted by Crippen LogP contribution is 2.36. The van der Waals surface area contributed by atoms with Gasteiger partial charge in [-0.2, -0.15) is 0 Å². The number of nitrogens with one attached hydrogen (secondary N) is 1. The van der Waals surface area contributed by atoms with E-state index in [0.29, 0.717) is 19.4 Å². The van der Waals surface area contributed by atoms with Crippen molar-refractivity contribution in [1.29, 1.82) is 0 Å². The molecule has 5 rings (SSSR count).